The van der Waals surface area contributed by atoms with Crippen molar-refractivity contribution >= 4 is 20.6 Å². The molecule has 0 aromatic rings. The molecule has 1 saturated heterocycles. The summed E-state index contributed by atoms with van der Waals surface area (Å²) in [7, 11) is 0. The van der Waals surface area contributed by atoms with Gasteiger partial charge in [-0.25, -0.2) is 0 Å². The molecule has 0 amide bonds. The van der Waals surface area contributed by atoms with Crippen molar-refractivity contribution in [2.45, 2.75) is 13.0 Å². The van der Waals surface area contributed by atoms with E-state index in [1.54, 1.807) is 0 Å². The molecular formula is C4H9IO2. The Morgan fingerprint density at radius 3 is 2.57 bits per heavy atom. The van der Waals surface area contributed by atoms with E-state index in [0.29, 0.717) is 6.10 Å². The van der Waals surface area contributed by atoms with Crippen LogP contribution in [0.15, 0.2) is 0 Å². The standard InChI is InChI=1S/C4H9IO2/c1-4-3-6-5(2)7-4/h4H,3H2,1-2H3. The second-order valence-electron chi connectivity index (χ2n) is 1.55. The molecule has 0 saturated carbocycles. The van der Waals surface area contributed by atoms with Gasteiger partial charge in [0.05, 0.1) is 0 Å². The maximum atomic E-state index is 5.30. The number of hydrogen-bond donors (Lipinski definition) is 0. The fourth-order valence-corrected chi connectivity index (χ4v) is 2.97. The van der Waals surface area contributed by atoms with Crippen LogP contribution >= 0.6 is 20.6 Å². The first-order valence-electron chi connectivity index (χ1n) is 2.20. The van der Waals surface area contributed by atoms with Gasteiger partial charge in [0, 0.05) is 0 Å². The van der Waals surface area contributed by atoms with Gasteiger partial charge in [0.1, 0.15) is 0 Å². The predicted molar refractivity (Wildman–Crippen MR) is 36.4 cm³/mol. The van der Waals surface area contributed by atoms with E-state index in [4.69, 9.17) is 6.13 Å². The van der Waals surface area contributed by atoms with Gasteiger partial charge in [-0.05, 0) is 0 Å². The van der Waals surface area contributed by atoms with Crippen molar-refractivity contribution in [3.63, 3.8) is 0 Å². The van der Waals surface area contributed by atoms with Crippen molar-refractivity contribution < 1.29 is 6.13 Å². The van der Waals surface area contributed by atoms with E-state index in [1.165, 1.54) is 0 Å². The third-order valence-electron chi connectivity index (χ3n) is 0.729. The van der Waals surface area contributed by atoms with Crippen molar-refractivity contribution in [1.82, 2.24) is 0 Å². The van der Waals surface area contributed by atoms with Gasteiger partial charge in [0.15, 0.2) is 0 Å². The van der Waals surface area contributed by atoms with Crippen LogP contribution in [-0.4, -0.2) is 17.6 Å². The zero-order chi connectivity index (χ0) is 5.28. The summed E-state index contributed by atoms with van der Waals surface area (Å²) in [5, 5.41) is 0. The minimum atomic E-state index is -1.25. The number of rotatable bonds is 0. The third kappa shape index (κ3) is 1.54. The van der Waals surface area contributed by atoms with Crippen molar-refractivity contribution in [2.75, 3.05) is 11.5 Å². The SMILES string of the molecule is CC1COI(C)O1. The quantitative estimate of drug-likeness (QED) is 0.450. The molecule has 0 radical (unpaired) electrons. The normalized spacial score (nSPS) is 36.9. The fraction of sp³-hybridized carbons (Fsp3) is 1.00. The van der Waals surface area contributed by atoms with Gasteiger partial charge in [-0.2, -0.15) is 0 Å². The first-order chi connectivity index (χ1) is 3.29. The van der Waals surface area contributed by atoms with Crippen LogP contribution in [0.5, 0.6) is 0 Å². The summed E-state index contributed by atoms with van der Waals surface area (Å²) in [6, 6.07) is 0. The summed E-state index contributed by atoms with van der Waals surface area (Å²) in [5.74, 6) is 0. The van der Waals surface area contributed by atoms with Gasteiger partial charge in [-0.1, -0.05) is 0 Å². The molecule has 2 nitrogen and oxygen atoms in total. The monoisotopic (exact) mass is 216 g/mol. The Labute approximate surface area is 51.7 Å². The first kappa shape index (κ1) is 5.78. The molecule has 0 aromatic heterocycles. The number of hydrogen-bond acceptors (Lipinski definition) is 2. The van der Waals surface area contributed by atoms with Crippen LogP contribution in [0.25, 0.3) is 0 Å². The van der Waals surface area contributed by atoms with Gasteiger partial charge in [-0.15, -0.1) is 0 Å². The van der Waals surface area contributed by atoms with E-state index in [0.717, 1.165) is 6.61 Å². The Kier molecular flexibility index (Phi) is 1.88. The molecule has 1 unspecified atom stereocenters. The Bertz CT molecular complexity index is 58.7. The molecule has 44 valence electrons. The van der Waals surface area contributed by atoms with Gasteiger partial charge < -0.3 is 0 Å². The molecule has 1 rings (SSSR count). The second-order valence-corrected chi connectivity index (χ2v) is 4.80. The van der Waals surface area contributed by atoms with Crippen LogP contribution in [0.4, 0.5) is 0 Å². The van der Waals surface area contributed by atoms with E-state index >= 15 is 0 Å². The average molecular weight is 216 g/mol. The minimum absolute atomic E-state index is 0.371. The zero-order valence-corrected chi connectivity index (χ0v) is 6.64. The van der Waals surface area contributed by atoms with Gasteiger partial charge >= 0.3 is 51.3 Å². The molecular weight excluding hydrogens is 207 g/mol. The number of halogens is 1. The fourth-order valence-electron chi connectivity index (χ4n) is 0.443. The second kappa shape index (κ2) is 2.28. The van der Waals surface area contributed by atoms with Crippen LogP contribution in [0, 0.1) is 0 Å². The van der Waals surface area contributed by atoms with E-state index in [9.17, 15) is 0 Å². The van der Waals surface area contributed by atoms with Crippen LogP contribution in [0.1, 0.15) is 6.92 Å². The summed E-state index contributed by atoms with van der Waals surface area (Å²) in [4.78, 5) is 2.06. The van der Waals surface area contributed by atoms with Crippen LogP contribution < -0.4 is 0 Å². The molecule has 1 aliphatic heterocycles. The van der Waals surface area contributed by atoms with Crippen LogP contribution in [0.2, 0.25) is 0 Å². The van der Waals surface area contributed by atoms with Crippen LogP contribution in [-0.2, 0) is 6.13 Å². The van der Waals surface area contributed by atoms with E-state index in [1.807, 2.05) is 6.92 Å². The molecule has 0 aliphatic carbocycles. The first-order valence-corrected chi connectivity index (χ1v) is 6.12. The Morgan fingerprint density at radius 1 is 1.71 bits per heavy atom. The zero-order valence-electron chi connectivity index (χ0n) is 4.48. The summed E-state index contributed by atoms with van der Waals surface area (Å²) in [6.07, 6.45) is 0.371. The van der Waals surface area contributed by atoms with E-state index < -0.39 is 20.6 Å². The van der Waals surface area contributed by atoms with Gasteiger partial charge in [0.25, 0.3) is 0 Å². The van der Waals surface area contributed by atoms with Crippen molar-refractivity contribution in [2.24, 2.45) is 0 Å². The van der Waals surface area contributed by atoms with Crippen molar-refractivity contribution in [1.29, 1.82) is 0 Å². The third-order valence-corrected chi connectivity index (χ3v) is 3.55. The average Bonchev–Trinajstić information content (AvgIpc) is 1.87. The molecule has 1 aliphatic rings. The molecule has 1 heterocycles. The van der Waals surface area contributed by atoms with Crippen LogP contribution in [0.3, 0.4) is 0 Å². The van der Waals surface area contributed by atoms with Gasteiger partial charge in [-0.3, -0.25) is 0 Å². The van der Waals surface area contributed by atoms with Crippen molar-refractivity contribution in [3.8, 4) is 0 Å². The Morgan fingerprint density at radius 2 is 2.43 bits per heavy atom. The van der Waals surface area contributed by atoms with Gasteiger partial charge in [0.2, 0.25) is 0 Å². The predicted octanol–water partition coefficient (Wildman–Crippen LogP) is 1.39. The summed E-state index contributed by atoms with van der Waals surface area (Å²) in [6.45, 7) is 2.86. The summed E-state index contributed by atoms with van der Waals surface area (Å²) >= 11 is -1.25. The number of alkyl halides is 1. The Hall–Kier alpha value is 0.650. The topological polar surface area (TPSA) is 18.5 Å². The van der Waals surface area contributed by atoms with E-state index in [-0.39, 0.29) is 0 Å². The molecule has 1 atom stereocenters. The maximum absolute atomic E-state index is 5.30. The molecule has 0 bridgehead atoms. The van der Waals surface area contributed by atoms with Crippen molar-refractivity contribution in [3.05, 3.63) is 0 Å². The molecule has 1 fully saturated rings. The Balaban J connectivity index is 2.26. The summed E-state index contributed by atoms with van der Waals surface area (Å²) in [5.41, 5.74) is 0. The molecule has 0 N–H and O–H groups in total. The molecule has 7 heavy (non-hydrogen) atoms. The molecule has 0 aromatic carbocycles. The van der Waals surface area contributed by atoms with E-state index in [2.05, 4.69) is 4.93 Å². The summed E-state index contributed by atoms with van der Waals surface area (Å²) < 4.78 is 10.5. The molecule has 3 heteroatoms. The molecule has 0 spiro atoms.